The Morgan fingerprint density at radius 1 is 0.839 bits per heavy atom. The van der Waals surface area contributed by atoms with E-state index in [0.717, 1.165) is 26.8 Å². The number of hydrogen-bond donors (Lipinski definition) is 0. The van der Waals surface area contributed by atoms with Crippen LogP contribution in [0.4, 0.5) is 5.82 Å². The summed E-state index contributed by atoms with van der Waals surface area (Å²) in [5.74, 6) is -0.788. The van der Waals surface area contributed by atoms with Crippen LogP contribution in [-0.2, 0) is 14.1 Å². The predicted molar refractivity (Wildman–Crippen MR) is 120 cm³/mol. The second kappa shape index (κ2) is 6.48. The van der Waals surface area contributed by atoms with Crippen LogP contribution in [-0.4, -0.2) is 20.6 Å². The minimum Gasteiger partial charge on any atom is -0.293 e. The molecule has 6 nitrogen and oxygen atoms in total. The summed E-state index contributed by atoms with van der Waals surface area (Å²) in [6.45, 7) is 6.14. The number of aryl methyl sites for hydroxylation is 2. The SMILES string of the molecule is Cc1cc([C@H]2c3c(n(C)c(=O)n(C)c3=O)N=C3c4ccccc4C(=O)[C@H]32)cc(C)c1C. The minimum atomic E-state index is -0.586. The van der Waals surface area contributed by atoms with Gasteiger partial charge in [-0.2, -0.15) is 0 Å². The summed E-state index contributed by atoms with van der Waals surface area (Å²) in [6, 6.07) is 11.5. The van der Waals surface area contributed by atoms with Crippen molar-refractivity contribution in [1.82, 2.24) is 9.13 Å². The van der Waals surface area contributed by atoms with E-state index < -0.39 is 23.1 Å². The molecule has 0 unspecified atom stereocenters. The first-order valence-electron chi connectivity index (χ1n) is 10.3. The number of Topliss-reactive ketones (excluding diaryl/α,β-unsaturated/α-hetero) is 1. The highest BCUT2D eigenvalue weighted by Crippen LogP contribution is 2.46. The number of carbonyl (C=O) groups is 1. The molecule has 1 aromatic heterocycles. The van der Waals surface area contributed by atoms with Crippen molar-refractivity contribution in [3.8, 4) is 0 Å². The predicted octanol–water partition coefficient (Wildman–Crippen LogP) is 3.09. The van der Waals surface area contributed by atoms with Gasteiger partial charge in [0.25, 0.3) is 5.56 Å². The van der Waals surface area contributed by atoms with Crippen LogP contribution in [0.1, 0.15) is 49.7 Å². The average molecular weight is 413 g/mol. The van der Waals surface area contributed by atoms with Crippen LogP contribution in [0.2, 0.25) is 0 Å². The van der Waals surface area contributed by atoms with E-state index in [1.165, 1.54) is 17.2 Å². The van der Waals surface area contributed by atoms with Crippen molar-refractivity contribution < 1.29 is 4.79 Å². The van der Waals surface area contributed by atoms with Crippen molar-refractivity contribution in [1.29, 1.82) is 0 Å². The number of carbonyl (C=O) groups excluding carboxylic acids is 1. The van der Waals surface area contributed by atoms with Gasteiger partial charge in [0.15, 0.2) is 5.78 Å². The third kappa shape index (κ3) is 2.51. The highest BCUT2D eigenvalue weighted by atomic mass is 16.2. The summed E-state index contributed by atoms with van der Waals surface area (Å²) in [7, 11) is 3.09. The van der Waals surface area contributed by atoms with Crippen LogP contribution in [0, 0.1) is 26.7 Å². The zero-order chi connectivity index (χ0) is 22.2. The van der Waals surface area contributed by atoms with E-state index in [4.69, 9.17) is 4.99 Å². The van der Waals surface area contributed by atoms with Crippen molar-refractivity contribution in [2.24, 2.45) is 25.0 Å². The number of ketones is 1. The Morgan fingerprint density at radius 2 is 1.45 bits per heavy atom. The molecule has 1 aliphatic heterocycles. The van der Waals surface area contributed by atoms with Gasteiger partial charge in [-0.25, -0.2) is 9.79 Å². The van der Waals surface area contributed by atoms with Crippen molar-refractivity contribution in [2.75, 3.05) is 0 Å². The summed E-state index contributed by atoms with van der Waals surface area (Å²) in [5.41, 5.74) is 5.90. The fourth-order valence-electron chi connectivity index (χ4n) is 4.97. The molecular formula is C25H23N3O3. The van der Waals surface area contributed by atoms with E-state index >= 15 is 0 Å². The van der Waals surface area contributed by atoms with Crippen molar-refractivity contribution in [3.05, 3.63) is 96.2 Å². The molecule has 0 saturated heterocycles. The number of nitrogens with zero attached hydrogens (tertiary/aromatic N) is 3. The number of aliphatic imine (C=N–C) groups is 1. The topological polar surface area (TPSA) is 73.4 Å². The number of fused-ring (bicyclic) bond motifs is 4. The smallest absolute Gasteiger partial charge is 0.293 e. The number of rotatable bonds is 1. The summed E-state index contributed by atoms with van der Waals surface area (Å²) >= 11 is 0. The molecule has 6 heteroatoms. The molecule has 156 valence electrons. The number of benzene rings is 2. The maximum atomic E-state index is 13.6. The lowest BCUT2D eigenvalue weighted by molar-refractivity contribution is 0.0953. The van der Waals surface area contributed by atoms with Gasteiger partial charge in [-0.05, 0) is 43.0 Å². The van der Waals surface area contributed by atoms with Crippen LogP contribution >= 0.6 is 0 Å². The lowest BCUT2D eigenvalue weighted by atomic mass is 9.75. The molecule has 2 atom stereocenters. The van der Waals surface area contributed by atoms with E-state index in [9.17, 15) is 14.4 Å². The molecule has 2 heterocycles. The van der Waals surface area contributed by atoms with Crippen molar-refractivity contribution in [2.45, 2.75) is 26.7 Å². The maximum Gasteiger partial charge on any atom is 0.332 e. The summed E-state index contributed by atoms with van der Waals surface area (Å²) in [6.07, 6.45) is 0. The fraction of sp³-hybridized carbons (Fsp3) is 0.280. The first-order chi connectivity index (χ1) is 14.7. The maximum absolute atomic E-state index is 13.6. The molecule has 2 aliphatic rings. The van der Waals surface area contributed by atoms with E-state index in [-0.39, 0.29) is 5.78 Å². The molecule has 2 aromatic carbocycles. The van der Waals surface area contributed by atoms with Crippen LogP contribution in [0.15, 0.2) is 51.0 Å². The fourth-order valence-corrected chi connectivity index (χ4v) is 4.97. The van der Waals surface area contributed by atoms with E-state index in [2.05, 4.69) is 19.1 Å². The Labute approximate surface area is 179 Å². The van der Waals surface area contributed by atoms with Crippen LogP contribution in [0.5, 0.6) is 0 Å². The second-order valence-electron chi connectivity index (χ2n) is 8.58. The highest BCUT2D eigenvalue weighted by molar-refractivity contribution is 6.30. The summed E-state index contributed by atoms with van der Waals surface area (Å²) in [4.78, 5) is 44.3. The molecule has 0 spiro atoms. The monoisotopic (exact) mass is 413 g/mol. The van der Waals surface area contributed by atoms with Gasteiger partial charge in [0.05, 0.1) is 17.2 Å². The van der Waals surface area contributed by atoms with Crippen molar-refractivity contribution in [3.63, 3.8) is 0 Å². The van der Waals surface area contributed by atoms with Gasteiger partial charge in [-0.3, -0.25) is 18.7 Å². The normalized spacial score (nSPS) is 19.0. The highest BCUT2D eigenvalue weighted by Gasteiger charge is 2.47. The van der Waals surface area contributed by atoms with Gasteiger partial charge < -0.3 is 0 Å². The molecule has 1 aliphatic carbocycles. The summed E-state index contributed by atoms with van der Waals surface area (Å²) < 4.78 is 2.51. The molecule has 0 N–H and O–H groups in total. The number of aromatic nitrogens is 2. The average Bonchev–Trinajstić information content (AvgIpc) is 3.05. The molecular weight excluding hydrogens is 390 g/mol. The Morgan fingerprint density at radius 3 is 2.10 bits per heavy atom. The van der Waals surface area contributed by atoms with Gasteiger partial charge in [0, 0.05) is 31.1 Å². The van der Waals surface area contributed by atoms with E-state index in [1.54, 1.807) is 7.05 Å². The Hall–Kier alpha value is -3.54. The summed E-state index contributed by atoms with van der Waals surface area (Å²) in [5, 5.41) is 0. The molecule has 0 amide bonds. The molecule has 0 saturated carbocycles. The molecule has 0 radical (unpaired) electrons. The van der Waals surface area contributed by atoms with Gasteiger partial charge in [0.2, 0.25) is 0 Å². The molecule has 0 fully saturated rings. The first-order valence-corrected chi connectivity index (χ1v) is 10.3. The molecule has 31 heavy (non-hydrogen) atoms. The minimum absolute atomic E-state index is 0.0308. The molecule has 3 aromatic rings. The standard InChI is InChI=1S/C25H23N3O3/c1-12-10-15(11-13(2)14(12)3)18-19-21(16-8-6-7-9-17(16)22(19)29)26-23-20(18)24(30)28(5)25(31)27(23)4/h6-11,18-19H,1-5H3/t18-,19+/m1/s1. The first kappa shape index (κ1) is 19.4. The van der Waals surface area contributed by atoms with Crippen LogP contribution in [0.25, 0.3) is 0 Å². The Balaban J connectivity index is 1.92. The lowest BCUT2D eigenvalue weighted by Crippen LogP contribution is -2.43. The van der Waals surface area contributed by atoms with Gasteiger partial charge in [-0.1, -0.05) is 36.4 Å². The van der Waals surface area contributed by atoms with Gasteiger partial charge in [-0.15, -0.1) is 0 Å². The van der Waals surface area contributed by atoms with Gasteiger partial charge in [0.1, 0.15) is 5.82 Å². The molecule has 5 rings (SSSR count). The van der Waals surface area contributed by atoms with Gasteiger partial charge >= 0.3 is 5.69 Å². The second-order valence-corrected chi connectivity index (χ2v) is 8.58. The van der Waals surface area contributed by atoms with Crippen LogP contribution < -0.4 is 11.2 Å². The third-order valence-corrected chi connectivity index (χ3v) is 6.89. The van der Waals surface area contributed by atoms with E-state index in [1.807, 2.05) is 38.1 Å². The number of hydrogen-bond acceptors (Lipinski definition) is 4. The van der Waals surface area contributed by atoms with Crippen molar-refractivity contribution >= 4 is 17.3 Å². The van der Waals surface area contributed by atoms with Crippen LogP contribution in [0.3, 0.4) is 0 Å². The Bertz CT molecular complexity index is 1430. The van der Waals surface area contributed by atoms with E-state index in [0.29, 0.717) is 22.7 Å². The quantitative estimate of drug-likeness (QED) is 0.615. The lowest BCUT2D eigenvalue weighted by Gasteiger charge is -2.30. The zero-order valence-electron chi connectivity index (χ0n) is 18.2. The largest absolute Gasteiger partial charge is 0.332 e. The zero-order valence-corrected chi connectivity index (χ0v) is 18.2. The Kier molecular flexibility index (Phi) is 4.06. The molecule has 0 bridgehead atoms. The third-order valence-electron chi connectivity index (χ3n) is 6.89.